The summed E-state index contributed by atoms with van der Waals surface area (Å²) >= 11 is 8.00. The lowest BCUT2D eigenvalue weighted by Crippen LogP contribution is -1.99. The van der Waals surface area contributed by atoms with Crippen LogP contribution in [0.25, 0.3) is 21.1 Å². The molecular weight excluding hydrogens is 364 g/mol. The summed E-state index contributed by atoms with van der Waals surface area (Å²) in [7, 11) is 0. The highest BCUT2D eigenvalue weighted by atomic mass is 35.5. The van der Waals surface area contributed by atoms with Crippen molar-refractivity contribution in [2.45, 2.75) is 32.1 Å². The second-order valence-electron chi connectivity index (χ2n) is 6.59. The number of rotatable bonds is 2. The van der Waals surface area contributed by atoms with Crippen LogP contribution in [0.3, 0.4) is 0 Å². The number of halogens is 1. The van der Waals surface area contributed by atoms with Crippen molar-refractivity contribution in [3.63, 3.8) is 0 Å². The standard InChI is InChI=1S/C20H17ClN4S/c21-20-24-18(23-14-9-4-6-12-7-5-11-22-17(12)14)16-13-8-2-1-3-10-15(13)26-19(16)25-20/h4-7,9,11H,1-3,8,10H2,(H,23,24,25). The molecule has 1 aliphatic carbocycles. The molecule has 0 saturated carbocycles. The van der Waals surface area contributed by atoms with Gasteiger partial charge in [0.05, 0.1) is 16.6 Å². The molecule has 26 heavy (non-hydrogen) atoms. The van der Waals surface area contributed by atoms with E-state index < -0.39 is 0 Å². The van der Waals surface area contributed by atoms with Crippen LogP contribution in [0.15, 0.2) is 36.5 Å². The van der Waals surface area contributed by atoms with Crippen molar-refractivity contribution in [1.29, 1.82) is 0 Å². The molecule has 4 aromatic rings. The first-order valence-corrected chi connectivity index (χ1v) is 10.1. The van der Waals surface area contributed by atoms with Gasteiger partial charge in [0.1, 0.15) is 10.6 Å². The number of hydrogen-bond donors (Lipinski definition) is 1. The number of fused-ring (bicyclic) bond motifs is 4. The van der Waals surface area contributed by atoms with E-state index in [2.05, 4.69) is 32.4 Å². The van der Waals surface area contributed by atoms with Crippen LogP contribution in [-0.2, 0) is 12.8 Å². The molecule has 0 aliphatic heterocycles. The predicted molar refractivity (Wildman–Crippen MR) is 109 cm³/mol. The Morgan fingerprint density at radius 1 is 1.00 bits per heavy atom. The Bertz CT molecular complexity index is 1120. The topological polar surface area (TPSA) is 50.7 Å². The molecule has 5 rings (SSSR count). The molecule has 0 unspecified atom stereocenters. The lowest BCUT2D eigenvalue weighted by molar-refractivity contribution is 0.713. The fourth-order valence-electron chi connectivity index (χ4n) is 3.73. The van der Waals surface area contributed by atoms with Crippen molar-refractivity contribution >= 4 is 55.6 Å². The molecule has 1 aliphatic rings. The lowest BCUT2D eigenvalue weighted by atomic mass is 10.1. The predicted octanol–water partition coefficient (Wildman–Crippen LogP) is 5.91. The Balaban J connectivity index is 1.69. The maximum Gasteiger partial charge on any atom is 0.225 e. The lowest BCUT2D eigenvalue weighted by Gasteiger charge is -2.11. The zero-order valence-corrected chi connectivity index (χ0v) is 15.7. The third kappa shape index (κ3) is 2.72. The van der Waals surface area contributed by atoms with Gasteiger partial charge < -0.3 is 5.32 Å². The number of para-hydroxylation sites is 1. The van der Waals surface area contributed by atoms with Crippen LogP contribution in [0.4, 0.5) is 11.5 Å². The quantitative estimate of drug-likeness (QED) is 0.347. The number of anilines is 2. The first-order valence-electron chi connectivity index (χ1n) is 8.88. The number of aromatic nitrogens is 3. The average molecular weight is 381 g/mol. The second-order valence-corrected chi connectivity index (χ2v) is 8.01. The molecule has 0 amide bonds. The van der Waals surface area contributed by atoms with Crippen molar-refractivity contribution in [1.82, 2.24) is 15.0 Å². The first-order chi connectivity index (χ1) is 12.8. The summed E-state index contributed by atoms with van der Waals surface area (Å²) in [4.78, 5) is 16.0. The van der Waals surface area contributed by atoms with Crippen molar-refractivity contribution in [3.8, 4) is 0 Å². The van der Waals surface area contributed by atoms with Gasteiger partial charge >= 0.3 is 0 Å². The highest BCUT2D eigenvalue weighted by molar-refractivity contribution is 7.19. The highest BCUT2D eigenvalue weighted by Gasteiger charge is 2.20. The smallest absolute Gasteiger partial charge is 0.225 e. The monoisotopic (exact) mass is 380 g/mol. The SMILES string of the molecule is Clc1nc(Nc2cccc3cccnc23)c2c3c(sc2n1)CCCCC3. The molecule has 130 valence electrons. The Kier molecular flexibility index (Phi) is 3.98. The number of thiophene rings is 1. The summed E-state index contributed by atoms with van der Waals surface area (Å²) < 4.78 is 0. The Morgan fingerprint density at radius 3 is 2.85 bits per heavy atom. The summed E-state index contributed by atoms with van der Waals surface area (Å²) in [6, 6.07) is 10.1. The van der Waals surface area contributed by atoms with Crippen LogP contribution in [0, 0.1) is 0 Å². The Morgan fingerprint density at radius 2 is 1.88 bits per heavy atom. The van der Waals surface area contributed by atoms with Crippen molar-refractivity contribution in [3.05, 3.63) is 52.3 Å². The van der Waals surface area contributed by atoms with Crippen LogP contribution in [0.2, 0.25) is 5.28 Å². The third-order valence-corrected chi connectivity index (χ3v) is 6.28. The van der Waals surface area contributed by atoms with E-state index in [0.717, 1.165) is 45.5 Å². The highest BCUT2D eigenvalue weighted by Crippen LogP contribution is 2.39. The fraction of sp³-hybridized carbons (Fsp3) is 0.250. The van der Waals surface area contributed by atoms with Gasteiger partial charge in [-0.15, -0.1) is 11.3 Å². The normalized spacial score (nSPS) is 14.3. The second kappa shape index (κ2) is 6.49. The van der Waals surface area contributed by atoms with Crippen molar-refractivity contribution in [2.24, 2.45) is 0 Å². The molecule has 1 N–H and O–H groups in total. The zero-order valence-electron chi connectivity index (χ0n) is 14.1. The summed E-state index contributed by atoms with van der Waals surface area (Å²) in [6.07, 6.45) is 7.78. The van der Waals surface area contributed by atoms with Crippen LogP contribution < -0.4 is 5.32 Å². The summed E-state index contributed by atoms with van der Waals surface area (Å²) in [5.41, 5.74) is 3.27. The van der Waals surface area contributed by atoms with Crippen LogP contribution in [-0.4, -0.2) is 15.0 Å². The van der Waals surface area contributed by atoms with E-state index in [0.29, 0.717) is 0 Å². The van der Waals surface area contributed by atoms with Gasteiger partial charge in [0.2, 0.25) is 5.28 Å². The molecule has 3 aromatic heterocycles. The van der Waals surface area contributed by atoms with E-state index in [9.17, 15) is 0 Å². The summed E-state index contributed by atoms with van der Waals surface area (Å²) in [5.74, 6) is 0.789. The number of hydrogen-bond acceptors (Lipinski definition) is 5. The Labute approximate surface area is 160 Å². The summed E-state index contributed by atoms with van der Waals surface area (Å²) in [6.45, 7) is 0. The molecular formula is C20H17ClN4S. The minimum atomic E-state index is 0.282. The van der Waals surface area contributed by atoms with Crippen LogP contribution in [0.5, 0.6) is 0 Å². The summed E-state index contributed by atoms with van der Waals surface area (Å²) in [5, 5.41) is 6.00. The van der Waals surface area contributed by atoms with Gasteiger partial charge in [-0.05, 0) is 55.0 Å². The minimum Gasteiger partial charge on any atom is -0.338 e. The number of benzene rings is 1. The van der Waals surface area contributed by atoms with Gasteiger partial charge in [-0.3, -0.25) is 4.98 Å². The van der Waals surface area contributed by atoms with Gasteiger partial charge in [0.15, 0.2) is 0 Å². The van der Waals surface area contributed by atoms with Gasteiger partial charge in [-0.1, -0.05) is 24.6 Å². The third-order valence-electron chi connectivity index (χ3n) is 4.92. The van der Waals surface area contributed by atoms with Gasteiger partial charge in [-0.2, -0.15) is 4.98 Å². The fourth-order valence-corrected chi connectivity index (χ4v) is 5.21. The molecule has 0 saturated heterocycles. The maximum absolute atomic E-state index is 6.23. The molecule has 0 radical (unpaired) electrons. The molecule has 0 fully saturated rings. The van der Waals surface area contributed by atoms with Crippen LogP contribution in [0.1, 0.15) is 29.7 Å². The van der Waals surface area contributed by atoms with Gasteiger partial charge in [0.25, 0.3) is 0 Å². The molecule has 0 spiro atoms. The van der Waals surface area contributed by atoms with E-state index in [1.54, 1.807) is 11.3 Å². The zero-order chi connectivity index (χ0) is 17.5. The van der Waals surface area contributed by atoms with Gasteiger partial charge in [0, 0.05) is 16.5 Å². The molecule has 6 heteroatoms. The van der Waals surface area contributed by atoms with Gasteiger partial charge in [-0.25, -0.2) is 4.98 Å². The molecule has 0 bridgehead atoms. The van der Waals surface area contributed by atoms with E-state index in [1.165, 1.54) is 29.7 Å². The van der Waals surface area contributed by atoms with Crippen LogP contribution >= 0.6 is 22.9 Å². The van der Waals surface area contributed by atoms with E-state index in [1.807, 2.05) is 24.4 Å². The van der Waals surface area contributed by atoms with E-state index >= 15 is 0 Å². The van der Waals surface area contributed by atoms with E-state index in [4.69, 9.17) is 11.6 Å². The number of nitrogens with zero attached hydrogens (tertiary/aromatic N) is 3. The molecule has 1 aromatic carbocycles. The van der Waals surface area contributed by atoms with E-state index in [-0.39, 0.29) is 5.28 Å². The molecule has 3 heterocycles. The largest absolute Gasteiger partial charge is 0.338 e. The number of nitrogens with one attached hydrogen (secondary N) is 1. The Hall–Kier alpha value is -2.24. The molecule has 0 atom stereocenters. The number of aryl methyl sites for hydroxylation is 2. The molecule has 4 nitrogen and oxygen atoms in total. The van der Waals surface area contributed by atoms with Crippen molar-refractivity contribution in [2.75, 3.05) is 5.32 Å². The maximum atomic E-state index is 6.23. The average Bonchev–Trinajstić information content (AvgIpc) is 2.83. The minimum absolute atomic E-state index is 0.282. The first kappa shape index (κ1) is 16.0. The van der Waals surface area contributed by atoms with Crippen molar-refractivity contribution < 1.29 is 0 Å². The number of pyridine rings is 1.